The second-order valence-corrected chi connectivity index (χ2v) is 5.83. The molecule has 136 valence electrons. The van der Waals surface area contributed by atoms with E-state index in [-0.39, 0.29) is 19.0 Å². The minimum absolute atomic E-state index is 0.0104. The molecule has 1 heterocycles. The van der Waals surface area contributed by atoms with Crippen LogP contribution in [0.4, 0.5) is 0 Å². The predicted octanol–water partition coefficient (Wildman–Crippen LogP) is 2.42. The molecule has 0 aliphatic carbocycles. The first kappa shape index (κ1) is 19.1. The minimum atomic E-state index is -0.715. The van der Waals surface area contributed by atoms with E-state index in [4.69, 9.17) is 9.47 Å². The van der Waals surface area contributed by atoms with E-state index in [0.717, 1.165) is 12.8 Å². The van der Waals surface area contributed by atoms with Gasteiger partial charge in [0, 0.05) is 12.7 Å². The van der Waals surface area contributed by atoms with Gasteiger partial charge in [-0.2, -0.15) is 0 Å². The molecule has 0 saturated heterocycles. The number of aryl methyl sites for hydroxylation is 2. The summed E-state index contributed by atoms with van der Waals surface area (Å²) in [7, 11) is 0. The summed E-state index contributed by atoms with van der Waals surface area (Å²) in [4.78, 5) is 12.6. The summed E-state index contributed by atoms with van der Waals surface area (Å²) >= 11 is 0. The van der Waals surface area contributed by atoms with Gasteiger partial charge in [-0.05, 0) is 32.4 Å². The number of phenolic OH excluding ortho intramolecular Hbond substituents is 1. The number of unbranched alkanes of at least 4 members (excludes halogenated alkanes) is 1. The number of benzene rings is 1. The van der Waals surface area contributed by atoms with Crippen molar-refractivity contribution in [3.8, 4) is 22.9 Å². The summed E-state index contributed by atoms with van der Waals surface area (Å²) in [6, 6.07) is 4.87. The lowest BCUT2D eigenvalue weighted by molar-refractivity contribution is 0.0113. The first-order valence-corrected chi connectivity index (χ1v) is 8.41. The summed E-state index contributed by atoms with van der Waals surface area (Å²) in [6.45, 7) is 6.59. The highest BCUT2D eigenvalue weighted by molar-refractivity contribution is 5.65. The third-order valence-electron chi connectivity index (χ3n) is 3.46. The molecule has 7 nitrogen and oxygen atoms in total. The molecule has 2 aromatic rings. The molecular weight excluding hydrogens is 322 g/mol. The van der Waals surface area contributed by atoms with Crippen molar-refractivity contribution in [1.82, 2.24) is 15.0 Å². The van der Waals surface area contributed by atoms with Crippen molar-refractivity contribution in [1.29, 1.82) is 0 Å². The molecule has 1 unspecified atom stereocenters. The maximum Gasteiger partial charge on any atom is 0.167 e. The number of nitrogens with zero attached hydrogens (tertiary/aromatic N) is 3. The van der Waals surface area contributed by atoms with Crippen LogP contribution in [0.2, 0.25) is 0 Å². The van der Waals surface area contributed by atoms with Gasteiger partial charge in [-0.25, -0.2) is 15.0 Å². The molecule has 0 aliphatic rings. The third kappa shape index (κ3) is 5.95. The van der Waals surface area contributed by atoms with E-state index in [1.165, 1.54) is 6.07 Å². The van der Waals surface area contributed by atoms with Gasteiger partial charge in [-0.3, -0.25) is 0 Å². The second-order valence-electron chi connectivity index (χ2n) is 5.83. The van der Waals surface area contributed by atoms with Crippen molar-refractivity contribution in [3.63, 3.8) is 0 Å². The molecular formula is C18H25N3O4. The molecule has 0 aliphatic heterocycles. The Morgan fingerprint density at radius 3 is 2.44 bits per heavy atom. The van der Waals surface area contributed by atoms with Gasteiger partial charge < -0.3 is 19.7 Å². The van der Waals surface area contributed by atoms with E-state index in [1.54, 1.807) is 26.0 Å². The third-order valence-corrected chi connectivity index (χ3v) is 3.46. The van der Waals surface area contributed by atoms with Crippen molar-refractivity contribution in [2.45, 2.75) is 39.7 Å². The van der Waals surface area contributed by atoms with Crippen LogP contribution in [0.3, 0.4) is 0 Å². The van der Waals surface area contributed by atoms with E-state index in [1.807, 2.05) is 0 Å². The highest BCUT2D eigenvalue weighted by atomic mass is 16.5. The number of aromatic hydroxyl groups is 1. The number of rotatable bonds is 9. The van der Waals surface area contributed by atoms with Crippen molar-refractivity contribution in [2.24, 2.45) is 0 Å². The topological polar surface area (TPSA) is 97.6 Å². The number of ether oxygens (including phenoxy) is 2. The molecule has 2 rings (SSSR count). The van der Waals surface area contributed by atoms with Crippen LogP contribution in [0, 0.1) is 13.8 Å². The summed E-state index contributed by atoms with van der Waals surface area (Å²) in [5.74, 6) is 2.06. The van der Waals surface area contributed by atoms with Gasteiger partial charge in [0.1, 0.15) is 35.9 Å². The molecule has 0 radical (unpaired) electrons. The van der Waals surface area contributed by atoms with E-state index in [2.05, 4.69) is 21.9 Å². The van der Waals surface area contributed by atoms with Crippen LogP contribution in [-0.4, -0.2) is 51.1 Å². The number of aliphatic hydroxyl groups excluding tert-OH is 1. The highest BCUT2D eigenvalue weighted by Crippen LogP contribution is 2.30. The molecule has 0 saturated carbocycles. The fourth-order valence-corrected chi connectivity index (χ4v) is 2.23. The lowest BCUT2D eigenvalue weighted by Gasteiger charge is -2.13. The average Bonchev–Trinajstić information content (AvgIpc) is 2.56. The van der Waals surface area contributed by atoms with Gasteiger partial charge in [-0.15, -0.1) is 0 Å². The Bertz CT molecular complexity index is 674. The number of hydrogen-bond donors (Lipinski definition) is 2. The molecule has 2 N–H and O–H groups in total. The molecule has 7 heteroatoms. The lowest BCUT2D eigenvalue weighted by Crippen LogP contribution is -2.23. The number of aliphatic hydroxyl groups is 1. The maximum absolute atomic E-state index is 10.2. The van der Waals surface area contributed by atoms with E-state index in [9.17, 15) is 10.2 Å². The Hall–Kier alpha value is -2.25. The average molecular weight is 347 g/mol. The molecule has 0 spiro atoms. The zero-order valence-corrected chi connectivity index (χ0v) is 14.9. The van der Waals surface area contributed by atoms with Crippen LogP contribution in [-0.2, 0) is 4.74 Å². The number of hydrogen-bond acceptors (Lipinski definition) is 7. The van der Waals surface area contributed by atoms with Crippen molar-refractivity contribution in [2.75, 3.05) is 19.8 Å². The lowest BCUT2D eigenvalue weighted by atomic mass is 10.1. The van der Waals surface area contributed by atoms with Crippen LogP contribution in [0.5, 0.6) is 11.5 Å². The zero-order chi connectivity index (χ0) is 18.2. The normalized spacial score (nSPS) is 12.2. The van der Waals surface area contributed by atoms with Crippen LogP contribution < -0.4 is 4.74 Å². The Balaban J connectivity index is 1.95. The molecule has 1 atom stereocenters. The van der Waals surface area contributed by atoms with Gasteiger partial charge in [0.15, 0.2) is 5.82 Å². The standard InChI is InChI=1S/C18H25N3O4/c1-4-5-8-24-10-14(22)11-25-15-6-7-16(17(23)9-15)18-20-12(2)19-13(3)21-18/h6-7,9,14,22-23H,4-5,8,10-11H2,1-3H3. The molecule has 25 heavy (non-hydrogen) atoms. The summed E-state index contributed by atoms with van der Waals surface area (Å²) in [5.41, 5.74) is 0.504. The van der Waals surface area contributed by atoms with Crippen molar-refractivity contribution < 1.29 is 19.7 Å². The van der Waals surface area contributed by atoms with Gasteiger partial charge in [-0.1, -0.05) is 13.3 Å². The second kappa shape index (κ2) is 9.29. The fraction of sp³-hybridized carbons (Fsp3) is 0.500. The monoisotopic (exact) mass is 347 g/mol. The molecule has 1 aromatic heterocycles. The molecule has 0 fully saturated rings. The fourth-order valence-electron chi connectivity index (χ4n) is 2.23. The zero-order valence-electron chi connectivity index (χ0n) is 14.9. The van der Waals surface area contributed by atoms with E-state index >= 15 is 0 Å². The minimum Gasteiger partial charge on any atom is -0.507 e. The van der Waals surface area contributed by atoms with E-state index in [0.29, 0.717) is 35.4 Å². The number of phenols is 1. The largest absolute Gasteiger partial charge is 0.507 e. The predicted molar refractivity (Wildman–Crippen MR) is 93.6 cm³/mol. The summed E-state index contributed by atoms with van der Waals surface area (Å²) in [5, 5.41) is 20.1. The Labute approximate surface area is 147 Å². The first-order chi connectivity index (χ1) is 12.0. The van der Waals surface area contributed by atoms with Crippen molar-refractivity contribution >= 4 is 0 Å². The van der Waals surface area contributed by atoms with Gasteiger partial charge in [0.25, 0.3) is 0 Å². The van der Waals surface area contributed by atoms with Crippen LogP contribution >= 0.6 is 0 Å². The van der Waals surface area contributed by atoms with Crippen LogP contribution in [0.15, 0.2) is 18.2 Å². The molecule has 0 amide bonds. The van der Waals surface area contributed by atoms with Crippen molar-refractivity contribution in [3.05, 3.63) is 29.8 Å². The Morgan fingerprint density at radius 2 is 1.80 bits per heavy atom. The smallest absolute Gasteiger partial charge is 0.167 e. The molecule has 0 bridgehead atoms. The Kier molecular flexibility index (Phi) is 7.09. The summed E-state index contributed by atoms with van der Waals surface area (Å²) < 4.78 is 10.8. The Morgan fingerprint density at radius 1 is 1.08 bits per heavy atom. The van der Waals surface area contributed by atoms with Gasteiger partial charge in [0.2, 0.25) is 0 Å². The summed E-state index contributed by atoms with van der Waals surface area (Å²) in [6.07, 6.45) is 1.31. The van der Waals surface area contributed by atoms with E-state index < -0.39 is 6.10 Å². The van der Waals surface area contributed by atoms with Gasteiger partial charge in [0.05, 0.1) is 12.2 Å². The highest BCUT2D eigenvalue weighted by Gasteiger charge is 2.12. The maximum atomic E-state index is 10.2. The van der Waals surface area contributed by atoms with Crippen LogP contribution in [0.25, 0.3) is 11.4 Å². The first-order valence-electron chi connectivity index (χ1n) is 8.41. The van der Waals surface area contributed by atoms with Crippen LogP contribution in [0.1, 0.15) is 31.4 Å². The SMILES string of the molecule is CCCCOCC(O)COc1ccc(-c2nc(C)nc(C)n2)c(O)c1. The molecule has 1 aromatic carbocycles. The number of aromatic nitrogens is 3. The quantitative estimate of drug-likeness (QED) is 0.672. The van der Waals surface area contributed by atoms with Gasteiger partial charge >= 0.3 is 0 Å².